The number of aliphatic carboxylic acids is 1. The second kappa shape index (κ2) is 8.22. The minimum absolute atomic E-state index is 0.572. The lowest BCUT2D eigenvalue weighted by Crippen LogP contribution is -2.36. The number of rotatable bonds is 6. The maximum absolute atomic E-state index is 11.4. The van der Waals surface area contributed by atoms with Crippen molar-refractivity contribution in [1.29, 1.82) is 0 Å². The smallest absolute Gasteiger partial charge is 0.325 e. The topological polar surface area (TPSA) is 87.6 Å². The maximum atomic E-state index is 11.4. The van der Waals surface area contributed by atoms with Crippen LogP contribution in [0.1, 0.15) is 12.7 Å². The number of aromatic nitrogens is 2. The lowest BCUT2D eigenvalue weighted by molar-refractivity contribution is -0.137. The van der Waals surface area contributed by atoms with E-state index in [4.69, 9.17) is 14.7 Å². The van der Waals surface area contributed by atoms with Crippen molar-refractivity contribution in [1.82, 2.24) is 14.9 Å². The number of hydrogen-bond donors (Lipinski definition) is 2. The van der Waals surface area contributed by atoms with Gasteiger partial charge in [-0.3, -0.25) is 9.69 Å². The SMILES string of the molecule is C[C@@H](Nc1nc(CN2CCOCC2)nc2scc(-c3ccccc3)c12)C(=O)O. The van der Waals surface area contributed by atoms with Crippen LogP contribution >= 0.6 is 11.3 Å². The maximum Gasteiger partial charge on any atom is 0.325 e. The highest BCUT2D eigenvalue weighted by atomic mass is 32.1. The molecule has 1 saturated heterocycles. The number of hydrogen-bond acceptors (Lipinski definition) is 7. The Hall–Kier alpha value is -2.55. The summed E-state index contributed by atoms with van der Waals surface area (Å²) in [6, 6.07) is 9.26. The van der Waals surface area contributed by atoms with E-state index in [0.29, 0.717) is 31.4 Å². The molecule has 2 aromatic heterocycles. The van der Waals surface area contributed by atoms with Crippen LogP contribution in [0.4, 0.5) is 5.82 Å². The number of fused-ring (bicyclic) bond motifs is 1. The Labute approximate surface area is 167 Å². The predicted octanol–water partition coefficient (Wildman–Crippen LogP) is 3.08. The van der Waals surface area contributed by atoms with Gasteiger partial charge in [0.2, 0.25) is 0 Å². The number of carboxylic acid groups (broad SMARTS) is 1. The molecule has 1 aromatic carbocycles. The number of ether oxygens (including phenoxy) is 1. The minimum Gasteiger partial charge on any atom is -0.480 e. The van der Waals surface area contributed by atoms with E-state index in [1.54, 1.807) is 18.3 Å². The summed E-state index contributed by atoms with van der Waals surface area (Å²) in [7, 11) is 0. The third-order valence-electron chi connectivity index (χ3n) is 4.76. The summed E-state index contributed by atoms with van der Waals surface area (Å²) < 4.78 is 5.40. The van der Waals surface area contributed by atoms with Crippen LogP contribution in [0.25, 0.3) is 21.3 Å². The molecule has 4 rings (SSSR count). The van der Waals surface area contributed by atoms with E-state index < -0.39 is 12.0 Å². The molecule has 3 aromatic rings. The number of thiophene rings is 1. The highest BCUT2D eigenvalue weighted by molar-refractivity contribution is 7.17. The summed E-state index contributed by atoms with van der Waals surface area (Å²) in [6.45, 7) is 5.34. The molecule has 0 aliphatic carbocycles. The molecule has 3 heterocycles. The summed E-state index contributed by atoms with van der Waals surface area (Å²) in [5.74, 6) is 0.345. The first kappa shape index (κ1) is 18.8. The van der Waals surface area contributed by atoms with Crippen molar-refractivity contribution in [3.05, 3.63) is 41.5 Å². The van der Waals surface area contributed by atoms with Crippen molar-refractivity contribution in [3.8, 4) is 11.1 Å². The fourth-order valence-corrected chi connectivity index (χ4v) is 4.18. The molecule has 0 bridgehead atoms. The van der Waals surface area contributed by atoms with Gasteiger partial charge in [-0.15, -0.1) is 11.3 Å². The summed E-state index contributed by atoms with van der Waals surface area (Å²) in [5.41, 5.74) is 2.07. The predicted molar refractivity (Wildman–Crippen MR) is 110 cm³/mol. The van der Waals surface area contributed by atoms with Gasteiger partial charge in [0.05, 0.1) is 25.1 Å². The molecule has 0 unspecified atom stereocenters. The molecular weight excluding hydrogens is 376 g/mol. The van der Waals surface area contributed by atoms with Gasteiger partial charge in [-0.2, -0.15) is 0 Å². The number of benzene rings is 1. The molecule has 0 saturated carbocycles. The summed E-state index contributed by atoms with van der Waals surface area (Å²) in [6.07, 6.45) is 0. The van der Waals surface area contributed by atoms with E-state index >= 15 is 0 Å². The second-order valence-corrected chi connectivity index (χ2v) is 7.63. The van der Waals surface area contributed by atoms with Crippen LogP contribution in [0.3, 0.4) is 0 Å². The van der Waals surface area contributed by atoms with Crippen LogP contribution in [0.2, 0.25) is 0 Å². The molecule has 0 spiro atoms. The molecule has 2 N–H and O–H groups in total. The van der Waals surface area contributed by atoms with Crippen molar-refractivity contribution < 1.29 is 14.6 Å². The first-order valence-corrected chi connectivity index (χ1v) is 10.1. The lowest BCUT2D eigenvalue weighted by atomic mass is 10.1. The van der Waals surface area contributed by atoms with Gasteiger partial charge in [-0.1, -0.05) is 30.3 Å². The van der Waals surface area contributed by atoms with E-state index in [-0.39, 0.29) is 0 Å². The highest BCUT2D eigenvalue weighted by Crippen LogP contribution is 2.37. The van der Waals surface area contributed by atoms with Crippen LogP contribution in [-0.2, 0) is 16.1 Å². The molecule has 28 heavy (non-hydrogen) atoms. The molecule has 7 nitrogen and oxygen atoms in total. The Balaban J connectivity index is 1.76. The fraction of sp³-hybridized carbons (Fsp3) is 0.350. The number of morpholine rings is 1. The van der Waals surface area contributed by atoms with E-state index in [9.17, 15) is 9.90 Å². The molecule has 8 heteroatoms. The lowest BCUT2D eigenvalue weighted by Gasteiger charge is -2.26. The van der Waals surface area contributed by atoms with Gasteiger partial charge in [0.15, 0.2) is 0 Å². The van der Waals surface area contributed by atoms with Gasteiger partial charge in [-0.25, -0.2) is 9.97 Å². The zero-order valence-electron chi connectivity index (χ0n) is 15.6. The van der Waals surface area contributed by atoms with E-state index in [0.717, 1.165) is 34.4 Å². The fourth-order valence-electron chi connectivity index (χ4n) is 3.22. The normalized spacial score (nSPS) is 16.2. The number of carboxylic acids is 1. The molecule has 0 amide bonds. The average molecular weight is 398 g/mol. The Morgan fingerprint density at radius 1 is 1.29 bits per heavy atom. The van der Waals surface area contributed by atoms with Gasteiger partial charge >= 0.3 is 5.97 Å². The average Bonchev–Trinajstić information content (AvgIpc) is 3.13. The van der Waals surface area contributed by atoms with Crippen molar-refractivity contribution >= 4 is 33.3 Å². The van der Waals surface area contributed by atoms with Crippen molar-refractivity contribution in [3.63, 3.8) is 0 Å². The van der Waals surface area contributed by atoms with Gasteiger partial charge < -0.3 is 15.2 Å². The Bertz CT molecular complexity index is 970. The van der Waals surface area contributed by atoms with E-state index in [1.165, 1.54) is 0 Å². The van der Waals surface area contributed by atoms with E-state index in [2.05, 4.69) is 15.6 Å². The zero-order valence-corrected chi connectivity index (χ0v) is 16.4. The van der Waals surface area contributed by atoms with Crippen molar-refractivity contribution in [2.45, 2.75) is 19.5 Å². The molecule has 1 aliphatic rings. The van der Waals surface area contributed by atoms with Crippen LogP contribution in [0.15, 0.2) is 35.7 Å². The summed E-state index contributed by atoms with van der Waals surface area (Å²) in [5, 5.41) is 15.4. The Morgan fingerprint density at radius 3 is 2.75 bits per heavy atom. The Morgan fingerprint density at radius 2 is 2.04 bits per heavy atom. The van der Waals surface area contributed by atoms with Crippen LogP contribution < -0.4 is 5.32 Å². The number of anilines is 1. The van der Waals surface area contributed by atoms with Crippen LogP contribution in [0.5, 0.6) is 0 Å². The first-order valence-electron chi connectivity index (χ1n) is 9.25. The molecule has 1 aliphatic heterocycles. The third-order valence-corrected chi connectivity index (χ3v) is 5.63. The number of nitrogens with zero attached hydrogens (tertiary/aromatic N) is 3. The molecule has 1 atom stereocenters. The highest BCUT2D eigenvalue weighted by Gasteiger charge is 2.20. The first-order chi connectivity index (χ1) is 13.6. The minimum atomic E-state index is -0.919. The molecular formula is C20H22N4O3S. The molecule has 146 valence electrons. The van der Waals surface area contributed by atoms with Crippen LogP contribution in [-0.4, -0.2) is 58.3 Å². The van der Waals surface area contributed by atoms with E-state index in [1.807, 2.05) is 30.3 Å². The zero-order chi connectivity index (χ0) is 19.5. The summed E-state index contributed by atoms with van der Waals surface area (Å²) in [4.78, 5) is 24.0. The third kappa shape index (κ3) is 3.99. The van der Waals surface area contributed by atoms with Crippen molar-refractivity contribution in [2.75, 3.05) is 31.6 Å². The standard InChI is InChI=1S/C20H22N4O3S/c1-13(20(25)26)21-18-17-15(14-5-3-2-4-6-14)12-28-19(17)23-16(22-18)11-24-7-9-27-10-8-24/h2-6,12-13H,7-11H2,1H3,(H,25,26)(H,21,22,23)/t13-/m1/s1. The number of carbonyl (C=O) groups is 1. The van der Waals surface area contributed by atoms with Gasteiger partial charge in [0, 0.05) is 24.0 Å². The van der Waals surface area contributed by atoms with Gasteiger partial charge in [-0.05, 0) is 12.5 Å². The van der Waals surface area contributed by atoms with Gasteiger partial charge in [0.1, 0.15) is 22.5 Å². The Kier molecular flexibility index (Phi) is 5.52. The molecule has 1 fully saturated rings. The monoisotopic (exact) mass is 398 g/mol. The number of nitrogens with one attached hydrogen (secondary N) is 1. The quantitative estimate of drug-likeness (QED) is 0.660. The van der Waals surface area contributed by atoms with Crippen LogP contribution in [0, 0.1) is 0 Å². The second-order valence-electron chi connectivity index (χ2n) is 6.78. The summed E-state index contributed by atoms with van der Waals surface area (Å²) >= 11 is 1.55. The largest absolute Gasteiger partial charge is 0.480 e. The van der Waals surface area contributed by atoms with Gasteiger partial charge in [0.25, 0.3) is 0 Å². The van der Waals surface area contributed by atoms with Crippen molar-refractivity contribution in [2.24, 2.45) is 0 Å². The molecule has 0 radical (unpaired) electrons.